The van der Waals surface area contributed by atoms with Gasteiger partial charge in [-0.15, -0.1) is 0 Å². The molecular formula is C21H26ClN3O. The van der Waals surface area contributed by atoms with Crippen LogP contribution >= 0.6 is 11.6 Å². The van der Waals surface area contributed by atoms with Gasteiger partial charge in [-0.25, -0.2) is 4.79 Å². The van der Waals surface area contributed by atoms with Crippen LogP contribution in [0.15, 0.2) is 48.5 Å². The summed E-state index contributed by atoms with van der Waals surface area (Å²) in [7, 11) is 0. The van der Waals surface area contributed by atoms with E-state index < -0.39 is 0 Å². The maximum absolute atomic E-state index is 12.2. The average molecular weight is 372 g/mol. The van der Waals surface area contributed by atoms with Crippen LogP contribution in [0.3, 0.4) is 0 Å². The zero-order valence-corrected chi connectivity index (χ0v) is 16.1. The number of hydrogen-bond acceptors (Lipinski definition) is 2. The molecule has 0 aromatic heterocycles. The molecule has 4 nitrogen and oxygen atoms in total. The Labute approximate surface area is 160 Å². The molecule has 0 radical (unpaired) electrons. The van der Waals surface area contributed by atoms with Crippen molar-refractivity contribution in [3.63, 3.8) is 0 Å². The zero-order chi connectivity index (χ0) is 18.5. The smallest absolute Gasteiger partial charge is 0.319 e. The fourth-order valence-electron chi connectivity index (χ4n) is 3.41. The highest BCUT2D eigenvalue weighted by atomic mass is 35.5. The minimum atomic E-state index is -0.242. The normalized spacial score (nSPS) is 18.3. The Hall–Kier alpha value is -2.20. The van der Waals surface area contributed by atoms with Crippen LogP contribution in [0.1, 0.15) is 38.3 Å². The van der Waals surface area contributed by atoms with Gasteiger partial charge in [-0.05, 0) is 61.6 Å². The van der Waals surface area contributed by atoms with E-state index in [-0.39, 0.29) is 12.1 Å². The predicted octanol–water partition coefficient (Wildman–Crippen LogP) is 5.46. The summed E-state index contributed by atoms with van der Waals surface area (Å²) in [5.74, 6) is 0.749. The molecule has 2 N–H and O–H groups in total. The van der Waals surface area contributed by atoms with Crippen molar-refractivity contribution >= 4 is 29.0 Å². The summed E-state index contributed by atoms with van der Waals surface area (Å²) in [5.41, 5.74) is 3.02. The number of piperidine rings is 1. The Kier molecular flexibility index (Phi) is 6.04. The molecule has 1 aliphatic rings. The van der Waals surface area contributed by atoms with Crippen molar-refractivity contribution in [1.82, 2.24) is 5.32 Å². The summed E-state index contributed by atoms with van der Waals surface area (Å²) in [6.45, 7) is 6.54. The summed E-state index contributed by atoms with van der Waals surface area (Å²) in [6.07, 6.45) is 2.57. The highest BCUT2D eigenvalue weighted by Crippen LogP contribution is 2.24. The lowest BCUT2D eigenvalue weighted by Gasteiger charge is -2.33. The molecule has 2 atom stereocenters. The molecule has 0 spiro atoms. The molecule has 2 amide bonds. The highest BCUT2D eigenvalue weighted by molar-refractivity contribution is 6.30. The van der Waals surface area contributed by atoms with Gasteiger partial charge < -0.3 is 15.5 Å². The number of benzene rings is 2. The molecule has 1 aliphatic heterocycles. The maximum atomic E-state index is 12.2. The molecule has 0 aliphatic carbocycles. The van der Waals surface area contributed by atoms with E-state index in [9.17, 15) is 4.79 Å². The quantitative estimate of drug-likeness (QED) is 0.749. The molecular weight excluding hydrogens is 346 g/mol. The van der Waals surface area contributed by atoms with E-state index in [0.717, 1.165) is 24.6 Å². The Morgan fingerprint density at radius 1 is 1.23 bits per heavy atom. The third kappa shape index (κ3) is 4.92. The van der Waals surface area contributed by atoms with Gasteiger partial charge in [-0.1, -0.05) is 36.7 Å². The van der Waals surface area contributed by atoms with Crippen molar-refractivity contribution < 1.29 is 4.79 Å². The van der Waals surface area contributed by atoms with Crippen LogP contribution in [0, 0.1) is 5.92 Å². The molecule has 138 valence electrons. The van der Waals surface area contributed by atoms with Gasteiger partial charge in [-0.2, -0.15) is 0 Å². The van der Waals surface area contributed by atoms with Crippen molar-refractivity contribution in [2.24, 2.45) is 5.92 Å². The highest BCUT2D eigenvalue weighted by Gasteiger charge is 2.17. The van der Waals surface area contributed by atoms with Crippen molar-refractivity contribution in [2.45, 2.75) is 32.7 Å². The Bertz CT molecular complexity index is 747. The van der Waals surface area contributed by atoms with Crippen molar-refractivity contribution in [2.75, 3.05) is 23.3 Å². The number of nitrogens with one attached hydrogen (secondary N) is 2. The molecule has 2 aromatic rings. The van der Waals surface area contributed by atoms with Crippen molar-refractivity contribution in [1.29, 1.82) is 0 Å². The van der Waals surface area contributed by atoms with Crippen LogP contribution in [-0.2, 0) is 0 Å². The third-order valence-corrected chi connectivity index (χ3v) is 5.08. The van der Waals surface area contributed by atoms with Crippen LogP contribution < -0.4 is 15.5 Å². The SMILES string of the molecule is C[C@H]1CCCN(c2ccc([C@@H](C)NC(=O)Nc3cccc(Cl)c3)cc2)C1. The lowest BCUT2D eigenvalue weighted by molar-refractivity contribution is 0.249. The van der Waals surface area contributed by atoms with E-state index in [4.69, 9.17) is 11.6 Å². The third-order valence-electron chi connectivity index (χ3n) is 4.85. The fourth-order valence-corrected chi connectivity index (χ4v) is 3.60. The first-order chi connectivity index (χ1) is 12.5. The minimum Gasteiger partial charge on any atom is -0.371 e. The van der Waals surface area contributed by atoms with Crippen LogP contribution in [0.25, 0.3) is 0 Å². The molecule has 26 heavy (non-hydrogen) atoms. The lowest BCUT2D eigenvalue weighted by atomic mass is 9.99. The van der Waals surface area contributed by atoms with Crippen molar-refractivity contribution in [3.05, 3.63) is 59.1 Å². The van der Waals surface area contributed by atoms with Gasteiger partial charge in [0.1, 0.15) is 0 Å². The summed E-state index contributed by atoms with van der Waals surface area (Å²) in [5, 5.41) is 6.37. The molecule has 0 bridgehead atoms. The van der Waals surface area contributed by atoms with E-state index >= 15 is 0 Å². The number of urea groups is 1. The molecule has 2 aromatic carbocycles. The summed E-state index contributed by atoms with van der Waals surface area (Å²) in [6, 6.07) is 15.3. The zero-order valence-electron chi connectivity index (χ0n) is 15.3. The summed E-state index contributed by atoms with van der Waals surface area (Å²) < 4.78 is 0. The molecule has 5 heteroatoms. The Morgan fingerprint density at radius 3 is 2.69 bits per heavy atom. The Balaban J connectivity index is 1.57. The number of hydrogen-bond donors (Lipinski definition) is 2. The summed E-state index contributed by atoms with van der Waals surface area (Å²) in [4.78, 5) is 14.6. The maximum Gasteiger partial charge on any atom is 0.319 e. The van der Waals surface area contributed by atoms with Gasteiger partial charge in [0.25, 0.3) is 0 Å². The fraction of sp³-hybridized carbons (Fsp3) is 0.381. The van der Waals surface area contributed by atoms with Gasteiger partial charge in [0.2, 0.25) is 0 Å². The standard InChI is InChI=1S/C21H26ClN3O/c1-15-5-4-12-25(14-15)20-10-8-17(9-11-20)16(2)23-21(26)24-19-7-3-6-18(22)13-19/h3,6-11,13,15-16H,4-5,12,14H2,1-2H3,(H2,23,24,26)/t15-,16+/m0/s1. The molecule has 1 fully saturated rings. The van der Waals surface area contributed by atoms with E-state index in [2.05, 4.69) is 46.7 Å². The Morgan fingerprint density at radius 2 is 2.00 bits per heavy atom. The largest absolute Gasteiger partial charge is 0.371 e. The lowest BCUT2D eigenvalue weighted by Crippen LogP contribution is -2.34. The van der Waals surface area contributed by atoms with Gasteiger partial charge in [0, 0.05) is 29.5 Å². The summed E-state index contributed by atoms with van der Waals surface area (Å²) >= 11 is 5.94. The van der Waals surface area contributed by atoms with Gasteiger partial charge in [0.05, 0.1) is 6.04 Å². The monoisotopic (exact) mass is 371 g/mol. The molecule has 0 saturated carbocycles. The van der Waals surface area contributed by atoms with E-state index in [1.54, 1.807) is 12.1 Å². The number of rotatable bonds is 4. The average Bonchev–Trinajstić information content (AvgIpc) is 2.61. The van der Waals surface area contributed by atoms with Gasteiger partial charge in [-0.3, -0.25) is 0 Å². The first-order valence-electron chi connectivity index (χ1n) is 9.19. The number of carbonyl (C=O) groups excluding carboxylic acids is 1. The number of halogens is 1. The second-order valence-electron chi connectivity index (χ2n) is 7.12. The number of amides is 2. The second kappa shape index (κ2) is 8.45. The van der Waals surface area contributed by atoms with Crippen molar-refractivity contribution in [3.8, 4) is 0 Å². The van der Waals surface area contributed by atoms with Crippen LogP contribution in [0.5, 0.6) is 0 Å². The van der Waals surface area contributed by atoms with E-state index in [1.165, 1.54) is 18.5 Å². The van der Waals surface area contributed by atoms with Gasteiger partial charge >= 0.3 is 6.03 Å². The molecule has 1 heterocycles. The topological polar surface area (TPSA) is 44.4 Å². The number of anilines is 2. The molecule has 0 unspecified atom stereocenters. The van der Waals surface area contributed by atoms with Gasteiger partial charge in [0.15, 0.2) is 0 Å². The first-order valence-corrected chi connectivity index (χ1v) is 9.57. The predicted molar refractivity (Wildman–Crippen MR) is 109 cm³/mol. The molecule has 1 saturated heterocycles. The van der Waals surface area contributed by atoms with Crippen LogP contribution in [-0.4, -0.2) is 19.1 Å². The first kappa shape index (κ1) is 18.6. The second-order valence-corrected chi connectivity index (χ2v) is 7.55. The van der Waals surface area contributed by atoms with Crippen LogP contribution in [0.4, 0.5) is 16.2 Å². The van der Waals surface area contributed by atoms with E-state index in [1.807, 2.05) is 19.1 Å². The van der Waals surface area contributed by atoms with E-state index in [0.29, 0.717) is 10.7 Å². The van der Waals surface area contributed by atoms with Crippen LogP contribution in [0.2, 0.25) is 5.02 Å². The molecule has 3 rings (SSSR count). The number of carbonyl (C=O) groups is 1. The minimum absolute atomic E-state index is 0.0801. The number of nitrogens with zero attached hydrogens (tertiary/aromatic N) is 1.